The van der Waals surface area contributed by atoms with E-state index in [2.05, 4.69) is 10.3 Å². The van der Waals surface area contributed by atoms with Crippen molar-refractivity contribution in [2.45, 2.75) is 38.4 Å². The van der Waals surface area contributed by atoms with Gasteiger partial charge in [-0.25, -0.2) is 4.98 Å². The van der Waals surface area contributed by atoms with Crippen LogP contribution in [0.1, 0.15) is 31.9 Å². The first-order valence-corrected chi connectivity index (χ1v) is 6.28. The Balaban J connectivity index is 2.20. The molecule has 1 aromatic heterocycles. The predicted molar refractivity (Wildman–Crippen MR) is 66.2 cm³/mol. The van der Waals surface area contributed by atoms with Crippen LogP contribution >= 0.6 is 0 Å². The number of carbonyl (C=O) groups is 1. The normalized spacial score (nSPS) is 26.5. The van der Waals surface area contributed by atoms with Crippen LogP contribution in [0.15, 0.2) is 18.2 Å². The SMILES string of the molecule is CC1(C(=O)O)CCCC1Nc1cccc(C(F)(F)F)n1. The zero-order chi connectivity index (χ0) is 15.0. The van der Waals surface area contributed by atoms with Gasteiger partial charge in [0.2, 0.25) is 0 Å². The highest BCUT2D eigenvalue weighted by atomic mass is 19.4. The second-order valence-corrected chi connectivity index (χ2v) is 5.22. The van der Waals surface area contributed by atoms with Gasteiger partial charge >= 0.3 is 12.1 Å². The zero-order valence-electron chi connectivity index (χ0n) is 10.9. The lowest BCUT2D eigenvalue weighted by Gasteiger charge is -2.28. The summed E-state index contributed by atoms with van der Waals surface area (Å²) in [7, 11) is 0. The second kappa shape index (κ2) is 4.96. The van der Waals surface area contributed by atoms with Gasteiger partial charge in [-0.05, 0) is 31.9 Å². The number of hydrogen-bond acceptors (Lipinski definition) is 3. The summed E-state index contributed by atoms with van der Waals surface area (Å²) in [5.41, 5.74) is -1.96. The average Bonchev–Trinajstić information content (AvgIpc) is 2.72. The molecule has 0 aromatic carbocycles. The number of rotatable bonds is 3. The molecule has 7 heteroatoms. The van der Waals surface area contributed by atoms with Crippen molar-refractivity contribution in [2.24, 2.45) is 5.41 Å². The maximum Gasteiger partial charge on any atom is 0.433 e. The van der Waals surface area contributed by atoms with Gasteiger partial charge in [0.15, 0.2) is 0 Å². The molecule has 1 aliphatic carbocycles. The van der Waals surface area contributed by atoms with Crippen LogP contribution in [0.25, 0.3) is 0 Å². The van der Waals surface area contributed by atoms with E-state index in [0.29, 0.717) is 12.8 Å². The molecule has 0 aliphatic heterocycles. The van der Waals surface area contributed by atoms with Gasteiger partial charge in [0.25, 0.3) is 0 Å². The summed E-state index contributed by atoms with van der Waals surface area (Å²) in [6.07, 6.45) is -2.69. The van der Waals surface area contributed by atoms with Crippen LogP contribution in [-0.2, 0) is 11.0 Å². The third-order valence-electron chi connectivity index (χ3n) is 3.81. The van der Waals surface area contributed by atoms with Crippen LogP contribution < -0.4 is 5.32 Å². The molecule has 2 N–H and O–H groups in total. The molecule has 0 spiro atoms. The lowest BCUT2D eigenvalue weighted by atomic mass is 9.85. The fourth-order valence-electron chi connectivity index (χ4n) is 2.51. The van der Waals surface area contributed by atoms with Crippen molar-refractivity contribution in [2.75, 3.05) is 5.32 Å². The second-order valence-electron chi connectivity index (χ2n) is 5.22. The summed E-state index contributed by atoms with van der Waals surface area (Å²) < 4.78 is 37.7. The van der Waals surface area contributed by atoms with Crippen LogP contribution in [0.5, 0.6) is 0 Å². The first-order chi connectivity index (χ1) is 9.23. The van der Waals surface area contributed by atoms with Gasteiger partial charge < -0.3 is 10.4 Å². The molecule has 2 rings (SSSR count). The molecule has 2 atom stereocenters. The standard InChI is InChI=1S/C13H15F3N2O2/c1-12(11(19)20)7-3-5-8(12)17-10-6-2-4-9(18-10)13(14,15)16/h2,4,6,8H,3,5,7H2,1H3,(H,17,18)(H,19,20). The Labute approximate surface area is 114 Å². The van der Waals surface area contributed by atoms with Crippen molar-refractivity contribution in [3.63, 3.8) is 0 Å². The fourth-order valence-corrected chi connectivity index (χ4v) is 2.51. The minimum atomic E-state index is -4.51. The molecule has 1 saturated carbocycles. The first kappa shape index (κ1) is 14.6. The maximum absolute atomic E-state index is 12.6. The van der Waals surface area contributed by atoms with Gasteiger partial charge in [-0.2, -0.15) is 13.2 Å². The van der Waals surface area contributed by atoms with Gasteiger partial charge in [-0.15, -0.1) is 0 Å². The van der Waals surface area contributed by atoms with E-state index in [1.165, 1.54) is 12.1 Å². The van der Waals surface area contributed by atoms with E-state index in [4.69, 9.17) is 0 Å². The number of nitrogens with one attached hydrogen (secondary N) is 1. The summed E-state index contributed by atoms with van der Waals surface area (Å²) in [5.74, 6) is -0.890. The number of carboxylic acid groups (broad SMARTS) is 1. The molecule has 2 unspecified atom stereocenters. The van der Waals surface area contributed by atoms with Gasteiger partial charge in [-0.3, -0.25) is 4.79 Å². The topological polar surface area (TPSA) is 62.2 Å². The van der Waals surface area contributed by atoms with Crippen molar-refractivity contribution >= 4 is 11.8 Å². The Hall–Kier alpha value is -1.79. The van der Waals surface area contributed by atoms with Gasteiger partial charge in [0.05, 0.1) is 5.41 Å². The van der Waals surface area contributed by atoms with Crippen LogP contribution in [0.3, 0.4) is 0 Å². The number of aliphatic carboxylic acids is 1. The molecule has 1 aromatic rings. The van der Waals surface area contributed by atoms with Gasteiger partial charge in [0, 0.05) is 6.04 Å². The molecule has 0 saturated heterocycles. The van der Waals surface area contributed by atoms with E-state index >= 15 is 0 Å². The molecule has 20 heavy (non-hydrogen) atoms. The number of carboxylic acids is 1. The van der Waals surface area contributed by atoms with Crippen LogP contribution in [0.4, 0.5) is 19.0 Å². The number of pyridine rings is 1. The number of aromatic nitrogens is 1. The van der Waals surface area contributed by atoms with Crippen molar-refractivity contribution in [3.8, 4) is 0 Å². The predicted octanol–water partition coefficient (Wildman–Crippen LogP) is 3.16. The highest BCUT2D eigenvalue weighted by Gasteiger charge is 2.45. The number of halogens is 3. The van der Waals surface area contributed by atoms with E-state index in [1.54, 1.807) is 6.92 Å². The van der Waals surface area contributed by atoms with Crippen LogP contribution in [-0.4, -0.2) is 22.1 Å². The Morgan fingerprint density at radius 3 is 2.80 bits per heavy atom. The van der Waals surface area contributed by atoms with Gasteiger partial charge in [-0.1, -0.05) is 12.5 Å². The molecule has 0 amide bonds. The highest BCUT2D eigenvalue weighted by molar-refractivity contribution is 5.76. The molecule has 4 nitrogen and oxygen atoms in total. The van der Waals surface area contributed by atoms with Crippen LogP contribution in [0.2, 0.25) is 0 Å². The molecular weight excluding hydrogens is 273 g/mol. The Morgan fingerprint density at radius 1 is 1.50 bits per heavy atom. The van der Waals surface area contributed by atoms with E-state index in [1.807, 2.05) is 0 Å². The third kappa shape index (κ3) is 2.71. The van der Waals surface area contributed by atoms with Gasteiger partial charge in [0.1, 0.15) is 11.5 Å². The smallest absolute Gasteiger partial charge is 0.433 e. The molecule has 0 radical (unpaired) electrons. The Morgan fingerprint density at radius 2 is 2.20 bits per heavy atom. The first-order valence-electron chi connectivity index (χ1n) is 6.28. The number of anilines is 1. The van der Waals surface area contributed by atoms with E-state index in [-0.39, 0.29) is 5.82 Å². The summed E-state index contributed by atoms with van der Waals surface area (Å²) in [4.78, 5) is 14.8. The highest BCUT2D eigenvalue weighted by Crippen LogP contribution is 2.40. The zero-order valence-corrected chi connectivity index (χ0v) is 10.9. The monoisotopic (exact) mass is 288 g/mol. The molecule has 0 bridgehead atoms. The summed E-state index contributed by atoms with van der Waals surface area (Å²) >= 11 is 0. The molecular formula is C13H15F3N2O2. The minimum Gasteiger partial charge on any atom is -0.481 e. The fraction of sp³-hybridized carbons (Fsp3) is 0.538. The largest absolute Gasteiger partial charge is 0.481 e. The van der Waals surface area contributed by atoms with Crippen molar-refractivity contribution in [1.29, 1.82) is 0 Å². The maximum atomic E-state index is 12.6. The minimum absolute atomic E-state index is 0.0548. The average molecular weight is 288 g/mol. The number of nitrogens with zero attached hydrogens (tertiary/aromatic N) is 1. The third-order valence-corrected chi connectivity index (χ3v) is 3.81. The lowest BCUT2D eigenvalue weighted by Crippen LogP contribution is -2.40. The quantitative estimate of drug-likeness (QED) is 0.897. The molecule has 110 valence electrons. The lowest BCUT2D eigenvalue weighted by molar-refractivity contribution is -0.148. The summed E-state index contributed by atoms with van der Waals surface area (Å²) in [5, 5.41) is 12.1. The van der Waals surface area contributed by atoms with E-state index < -0.39 is 29.3 Å². The molecule has 1 fully saturated rings. The van der Waals surface area contributed by atoms with Crippen molar-refractivity contribution < 1.29 is 23.1 Å². The molecule has 1 aliphatic rings. The number of hydrogen-bond donors (Lipinski definition) is 2. The van der Waals surface area contributed by atoms with Crippen molar-refractivity contribution in [3.05, 3.63) is 23.9 Å². The van der Waals surface area contributed by atoms with E-state index in [0.717, 1.165) is 12.5 Å². The number of alkyl halides is 3. The summed E-state index contributed by atoms with van der Waals surface area (Å²) in [6, 6.07) is 3.13. The Bertz CT molecular complexity index is 519. The molecule has 1 heterocycles. The van der Waals surface area contributed by atoms with Crippen molar-refractivity contribution in [1.82, 2.24) is 4.98 Å². The summed E-state index contributed by atoms with van der Waals surface area (Å²) in [6.45, 7) is 1.60. The van der Waals surface area contributed by atoms with Crippen LogP contribution in [0, 0.1) is 5.41 Å². The van der Waals surface area contributed by atoms with E-state index in [9.17, 15) is 23.1 Å². The Kier molecular flexibility index (Phi) is 3.62.